The minimum Gasteiger partial charge on any atom is -0.465 e. The molecule has 0 aliphatic heterocycles. The van der Waals surface area contributed by atoms with Crippen LogP contribution in [-0.2, 0) is 14.3 Å². The highest BCUT2D eigenvalue weighted by Gasteiger charge is 2.18. The van der Waals surface area contributed by atoms with Gasteiger partial charge in [-0.25, -0.2) is 4.79 Å². The van der Waals surface area contributed by atoms with Crippen LogP contribution < -0.4 is 10.2 Å². The molecule has 1 N–H and O–H groups in total. The van der Waals surface area contributed by atoms with Crippen molar-refractivity contribution in [2.24, 2.45) is 0 Å². The Kier molecular flexibility index (Phi) is 6.49. The molecule has 6 nitrogen and oxygen atoms in total. The topological polar surface area (TPSA) is 75.7 Å². The van der Waals surface area contributed by atoms with Gasteiger partial charge in [0.15, 0.2) is 0 Å². The lowest BCUT2D eigenvalue weighted by molar-refractivity contribution is -0.123. The Labute approximate surface area is 152 Å². The van der Waals surface area contributed by atoms with Gasteiger partial charge in [-0.05, 0) is 36.8 Å². The molecule has 0 bridgehead atoms. The normalized spacial score (nSPS) is 11.3. The summed E-state index contributed by atoms with van der Waals surface area (Å²) in [4.78, 5) is 37.2. The predicted molar refractivity (Wildman–Crippen MR) is 98.8 cm³/mol. The van der Waals surface area contributed by atoms with Gasteiger partial charge in [0, 0.05) is 12.6 Å². The van der Waals surface area contributed by atoms with Crippen molar-refractivity contribution in [1.29, 1.82) is 0 Å². The molecule has 0 aromatic heterocycles. The minimum atomic E-state index is -0.458. The van der Waals surface area contributed by atoms with Gasteiger partial charge in [-0.15, -0.1) is 0 Å². The van der Waals surface area contributed by atoms with Crippen molar-refractivity contribution in [3.63, 3.8) is 0 Å². The van der Waals surface area contributed by atoms with Crippen molar-refractivity contribution in [3.8, 4) is 0 Å². The lowest BCUT2D eigenvalue weighted by Crippen LogP contribution is -2.40. The Hall–Kier alpha value is -3.15. The lowest BCUT2D eigenvalue weighted by Gasteiger charge is -2.22. The Morgan fingerprint density at radius 1 is 1.04 bits per heavy atom. The first-order valence-corrected chi connectivity index (χ1v) is 8.23. The second-order valence-electron chi connectivity index (χ2n) is 5.84. The first kappa shape index (κ1) is 19.2. The molecule has 26 heavy (non-hydrogen) atoms. The van der Waals surface area contributed by atoms with Gasteiger partial charge in [-0.1, -0.05) is 30.3 Å². The molecule has 0 radical (unpaired) electrons. The monoisotopic (exact) mass is 354 g/mol. The number of rotatable bonds is 6. The second-order valence-corrected chi connectivity index (χ2v) is 5.84. The summed E-state index contributed by atoms with van der Waals surface area (Å²) < 4.78 is 4.65. The van der Waals surface area contributed by atoms with E-state index in [9.17, 15) is 14.4 Å². The molecule has 136 valence electrons. The molecule has 0 fully saturated rings. The first-order chi connectivity index (χ1) is 12.4. The Morgan fingerprint density at radius 2 is 1.65 bits per heavy atom. The highest BCUT2D eigenvalue weighted by atomic mass is 16.5. The largest absolute Gasteiger partial charge is 0.465 e. The molecule has 0 saturated heterocycles. The summed E-state index contributed by atoms with van der Waals surface area (Å²) in [5.74, 6) is -0.993. The number of carbonyl (C=O) groups excluding carboxylic acids is 3. The Balaban J connectivity index is 2.07. The van der Waals surface area contributed by atoms with Crippen LogP contribution in [0, 0.1) is 0 Å². The highest BCUT2D eigenvalue weighted by Crippen LogP contribution is 2.17. The van der Waals surface area contributed by atoms with Crippen molar-refractivity contribution in [1.82, 2.24) is 5.32 Å². The zero-order valence-corrected chi connectivity index (χ0v) is 15.1. The van der Waals surface area contributed by atoms with E-state index in [4.69, 9.17) is 0 Å². The molecule has 6 heteroatoms. The van der Waals surface area contributed by atoms with Gasteiger partial charge in [0.2, 0.25) is 11.8 Å². The van der Waals surface area contributed by atoms with Crippen molar-refractivity contribution in [2.45, 2.75) is 19.9 Å². The third-order valence-corrected chi connectivity index (χ3v) is 3.96. The fourth-order valence-electron chi connectivity index (χ4n) is 2.54. The van der Waals surface area contributed by atoms with Crippen LogP contribution in [0.2, 0.25) is 0 Å². The first-order valence-electron chi connectivity index (χ1n) is 8.23. The summed E-state index contributed by atoms with van der Waals surface area (Å²) in [5.41, 5.74) is 1.90. The fourth-order valence-corrected chi connectivity index (χ4v) is 2.54. The van der Waals surface area contributed by atoms with E-state index in [-0.39, 0.29) is 24.4 Å². The molecule has 2 rings (SSSR count). The van der Waals surface area contributed by atoms with Gasteiger partial charge < -0.3 is 15.0 Å². The van der Waals surface area contributed by atoms with Crippen LogP contribution in [0.5, 0.6) is 0 Å². The number of methoxy groups -OCH3 is 1. The van der Waals surface area contributed by atoms with Gasteiger partial charge in [0.1, 0.15) is 6.54 Å². The maximum absolute atomic E-state index is 12.4. The Bertz CT molecular complexity index is 772. The van der Waals surface area contributed by atoms with Crippen LogP contribution in [-0.4, -0.2) is 31.4 Å². The molecular weight excluding hydrogens is 332 g/mol. The van der Waals surface area contributed by atoms with Crippen molar-refractivity contribution < 1.29 is 19.1 Å². The van der Waals surface area contributed by atoms with Crippen LogP contribution in [0.1, 0.15) is 35.8 Å². The standard InChI is InChI=1S/C20H22N2O4/c1-14(16-7-5-4-6-8-16)21-19(24)13-22(15(2)23)18-11-9-17(10-12-18)20(25)26-3/h4-12,14H,13H2,1-3H3,(H,21,24). The van der Waals surface area contributed by atoms with Gasteiger partial charge in [-0.3, -0.25) is 9.59 Å². The molecular formula is C20H22N2O4. The maximum Gasteiger partial charge on any atom is 0.337 e. The maximum atomic E-state index is 12.4. The van der Waals surface area contributed by atoms with E-state index in [1.807, 2.05) is 37.3 Å². The zero-order chi connectivity index (χ0) is 19.1. The van der Waals surface area contributed by atoms with E-state index in [1.165, 1.54) is 18.9 Å². The van der Waals surface area contributed by atoms with Gasteiger partial charge in [-0.2, -0.15) is 0 Å². The molecule has 0 spiro atoms. The quantitative estimate of drug-likeness (QED) is 0.809. The fraction of sp³-hybridized carbons (Fsp3) is 0.250. The molecule has 2 amide bonds. The SMILES string of the molecule is COC(=O)c1ccc(N(CC(=O)NC(C)c2ccccc2)C(C)=O)cc1. The van der Waals surface area contributed by atoms with E-state index in [0.717, 1.165) is 5.56 Å². The van der Waals surface area contributed by atoms with Crippen molar-refractivity contribution in [3.05, 3.63) is 65.7 Å². The summed E-state index contributed by atoms with van der Waals surface area (Å²) in [6.45, 7) is 3.17. The smallest absolute Gasteiger partial charge is 0.337 e. The van der Waals surface area contributed by atoms with Crippen LogP contribution in [0.15, 0.2) is 54.6 Å². The van der Waals surface area contributed by atoms with Crippen LogP contribution in [0.4, 0.5) is 5.69 Å². The summed E-state index contributed by atoms with van der Waals surface area (Å²) in [6.07, 6.45) is 0. The molecule has 0 saturated carbocycles. The predicted octanol–water partition coefficient (Wildman–Crippen LogP) is 2.70. The molecule has 0 aliphatic carbocycles. The summed E-state index contributed by atoms with van der Waals surface area (Å²) in [7, 11) is 1.30. The van der Waals surface area contributed by atoms with E-state index >= 15 is 0 Å². The average Bonchev–Trinajstić information content (AvgIpc) is 2.66. The molecule has 2 aromatic carbocycles. The number of amides is 2. The highest BCUT2D eigenvalue weighted by molar-refractivity contribution is 5.98. The summed E-state index contributed by atoms with van der Waals surface area (Å²) in [5, 5.41) is 2.88. The number of esters is 1. The number of anilines is 1. The third kappa shape index (κ3) is 4.92. The van der Waals surface area contributed by atoms with Gasteiger partial charge in [0.05, 0.1) is 18.7 Å². The summed E-state index contributed by atoms with van der Waals surface area (Å²) >= 11 is 0. The van der Waals surface area contributed by atoms with Crippen molar-refractivity contribution in [2.75, 3.05) is 18.6 Å². The lowest BCUT2D eigenvalue weighted by atomic mass is 10.1. The number of ether oxygens (including phenoxy) is 1. The van der Waals surface area contributed by atoms with E-state index in [0.29, 0.717) is 11.3 Å². The number of hydrogen-bond acceptors (Lipinski definition) is 4. The molecule has 1 atom stereocenters. The van der Waals surface area contributed by atoms with Crippen molar-refractivity contribution >= 4 is 23.5 Å². The second kappa shape index (κ2) is 8.80. The molecule has 1 unspecified atom stereocenters. The molecule has 2 aromatic rings. The third-order valence-electron chi connectivity index (χ3n) is 3.96. The number of carbonyl (C=O) groups is 3. The van der Waals surface area contributed by atoms with E-state index in [2.05, 4.69) is 10.1 Å². The number of hydrogen-bond donors (Lipinski definition) is 1. The van der Waals surface area contributed by atoms with Crippen LogP contribution >= 0.6 is 0 Å². The minimum absolute atomic E-state index is 0.107. The summed E-state index contributed by atoms with van der Waals surface area (Å²) in [6, 6.07) is 15.8. The molecule has 0 aliphatic rings. The van der Waals surface area contributed by atoms with Crippen LogP contribution in [0.25, 0.3) is 0 Å². The van der Waals surface area contributed by atoms with Gasteiger partial charge in [0.25, 0.3) is 0 Å². The van der Waals surface area contributed by atoms with E-state index < -0.39 is 5.97 Å². The Morgan fingerprint density at radius 3 is 2.19 bits per heavy atom. The zero-order valence-electron chi connectivity index (χ0n) is 15.1. The number of benzene rings is 2. The van der Waals surface area contributed by atoms with Crippen LogP contribution in [0.3, 0.4) is 0 Å². The number of nitrogens with zero attached hydrogens (tertiary/aromatic N) is 1. The average molecular weight is 354 g/mol. The van der Waals surface area contributed by atoms with Gasteiger partial charge >= 0.3 is 5.97 Å². The number of nitrogens with one attached hydrogen (secondary N) is 1. The molecule has 0 heterocycles. The van der Waals surface area contributed by atoms with E-state index in [1.54, 1.807) is 24.3 Å².